The molecule has 146 valence electrons. The molecular weight excluding hydrogens is 356 g/mol. The summed E-state index contributed by atoms with van der Waals surface area (Å²) in [5, 5.41) is 1.97. The van der Waals surface area contributed by atoms with Crippen molar-refractivity contribution in [2.24, 2.45) is 5.92 Å². The molecule has 0 spiro atoms. The van der Waals surface area contributed by atoms with Crippen LogP contribution in [-0.2, 0) is 6.42 Å². The molecule has 0 saturated carbocycles. The molecule has 1 aromatic carbocycles. The summed E-state index contributed by atoms with van der Waals surface area (Å²) in [6.45, 7) is 7.02. The second-order valence-corrected chi connectivity index (χ2v) is 8.18. The van der Waals surface area contributed by atoms with Gasteiger partial charge < -0.3 is 14.5 Å². The zero-order chi connectivity index (χ0) is 19.1. The first-order valence-electron chi connectivity index (χ1n) is 9.87. The van der Waals surface area contributed by atoms with Gasteiger partial charge in [-0.25, -0.2) is 0 Å². The van der Waals surface area contributed by atoms with Crippen molar-refractivity contribution in [3.8, 4) is 5.75 Å². The van der Waals surface area contributed by atoms with Gasteiger partial charge in [0.15, 0.2) is 0 Å². The van der Waals surface area contributed by atoms with Crippen LogP contribution in [0.25, 0.3) is 0 Å². The Morgan fingerprint density at radius 1 is 1.33 bits per heavy atom. The minimum atomic E-state index is 0.181. The van der Waals surface area contributed by atoms with Crippen molar-refractivity contribution >= 4 is 17.2 Å². The van der Waals surface area contributed by atoms with Gasteiger partial charge in [0.25, 0.3) is 5.91 Å². The Morgan fingerprint density at radius 3 is 2.96 bits per heavy atom. The number of benzene rings is 1. The van der Waals surface area contributed by atoms with E-state index in [9.17, 15) is 4.79 Å². The number of hydrogen-bond acceptors (Lipinski definition) is 4. The van der Waals surface area contributed by atoms with Crippen LogP contribution in [0.5, 0.6) is 5.75 Å². The van der Waals surface area contributed by atoms with Crippen LogP contribution in [0.3, 0.4) is 0 Å². The predicted molar refractivity (Wildman–Crippen MR) is 112 cm³/mol. The summed E-state index contributed by atoms with van der Waals surface area (Å²) in [4.78, 5) is 18.1. The molecule has 4 nitrogen and oxygen atoms in total. The summed E-state index contributed by atoms with van der Waals surface area (Å²) >= 11 is 1.53. The van der Waals surface area contributed by atoms with E-state index in [0.717, 1.165) is 49.8 Å². The molecule has 0 N–H and O–H groups in total. The third-order valence-electron chi connectivity index (χ3n) is 5.33. The van der Waals surface area contributed by atoms with Crippen molar-refractivity contribution in [2.45, 2.75) is 26.2 Å². The van der Waals surface area contributed by atoms with E-state index < -0.39 is 0 Å². The lowest BCUT2D eigenvalue weighted by atomic mass is 9.96. The fourth-order valence-electron chi connectivity index (χ4n) is 3.84. The van der Waals surface area contributed by atoms with Gasteiger partial charge in [0.2, 0.25) is 0 Å². The van der Waals surface area contributed by atoms with Crippen LogP contribution in [0.1, 0.15) is 35.0 Å². The molecule has 3 rings (SSSR count). The number of carbonyl (C=O) groups excluding carboxylic acids is 1. The number of ether oxygens (including phenoxy) is 1. The first kappa shape index (κ1) is 19.9. The Morgan fingerprint density at radius 2 is 2.22 bits per heavy atom. The van der Waals surface area contributed by atoms with Crippen molar-refractivity contribution in [3.63, 3.8) is 0 Å². The molecule has 5 heteroatoms. The SMILES string of the molecule is CCN(C[C@@H]1CCCN(CCc2cccc(OC)c2)C1)C(=O)c1cccs1. The van der Waals surface area contributed by atoms with E-state index in [2.05, 4.69) is 30.0 Å². The van der Waals surface area contributed by atoms with Gasteiger partial charge in [-0.05, 0) is 67.8 Å². The maximum Gasteiger partial charge on any atom is 0.263 e. The molecule has 2 aromatic rings. The topological polar surface area (TPSA) is 32.8 Å². The number of rotatable bonds is 8. The van der Waals surface area contributed by atoms with Crippen molar-refractivity contribution in [1.82, 2.24) is 9.80 Å². The monoisotopic (exact) mass is 386 g/mol. The highest BCUT2D eigenvalue weighted by atomic mass is 32.1. The summed E-state index contributed by atoms with van der Waals surface area (Å²) in [5.41, 5.74) is 1.32. The first-order valence-corrected chi connectivity index (χ1v) is 10.8. The van der Waals surface area contributed by atoms with Gasteiger partial charge in [-0.15, -0.1) is 11.3 Å². The largest absolute Gasteiger partial charge is 0.497 e. The summed E-state index contributed by atoms with van der Waals surface area (Å²) in [5.74, 6) is 1.67. The lowest BCUT2D eigenvalue weighted by molar-refractivity contribution is 0.0695. The molecule has 1 amide bonds. The lowest BCUT2D eigenvalue weighted by Gasteiger charge is -2.35. The number of methoxy groups -OCH3 is 1. The van der Waals surface area contributed by atoms with Crippen molar-refractivity contribution in [1.29, 1.82) is 0 Å². The minimum Gasteiger partial charge on any atom is -0.497 e. The maximum atomic E-state index is 12.7. The highest BCUT2D eigenvalue weighted by Crippen LogP contribution is 2.21. The van der Waals surface area contributed by atoms with Gasteiger partial charge in [-0.2, -0.15) is 0 Å². The third-order valence-corrected chi connectivity index (χ3v) is 6.19. The van der Waals surface area contributed by atoms with Crippen LogP contribution in [0.15, 0.2) is 41.8 Å². The molecule has 0 unspecified atom stereocenters. The van der Waals surface area contributed by atoms with Crippen LogP contribution >= 0.6 is 11.3 Å². The minimum absolute atomic E-state index is 0.181. The van der Waals surface area contributed by atoms with E-state index in [1.54, 1.807) is 7.11 Å². The number of hydrogen-bond donors (Lipinski definition) is 0. The number of amides is 1. The molecule has 0 bridgehead atoms. The normalized spacial score (nSPS) is 17.6. The molecule has 1 aliphatic rings. The Kier molecular flexibility index (Phi) is 7.30. The number of thiophene rings is 1. The smallest absolute Gasteiger partial charge is 0.263 e. The molecule has 1 fully saturated rings. The number of nitrogens with zero attached hydrogens (tertiary/aromatic N) is 2. The highest BCUT2D eigenvalue weighted by molar-refractivity contribution is 7.12. The summed E-state index contributed by atoms with van der Waals surface area (Å²) in [6, 6.07) is 12.2. The fraction of sp³-hybridized carbons (Fsp3) is 0.500. The van der Waals surface area contributed by atoms with Gasteiger partial charge >= 0.3 is 0 Å². The standard InChI is InChI=1S/C22H30N2O2S/c1-3-24(22(25)21-10-6-14-27-21)17-19-8-5-12-23(16-19)13-11-18-7-4-9-20(15-18)26-2/h4,6-7,9-10,14-15,19H,3,5,8,11-13,16-17H2,1-2H3/t19-/m1/s1. The Labute approximate surface area is 166 Å². The molecule has 1 aromatic heterocycles. The van der Waals surface area contributed by atoms with E-state index in [1.807, 2.05) is 28.5 Å². The number of carbonyl (C=O) groups is 1. The lowest BCUT2D eigenvalue weighted by Crippen LogP contribution is -2.43. The molecular formula is C22H30N2O2S. The highest BCUT2D eigenvalue weighted by Gasteiger charge is 2.24. The second-order valence-electron chi connectivity index (χ2n) is 7.23. The molecule has 0 aliphatic carbocycles. The Balaban J connectivity index is 1.51. The molecule has 2 heterocycles. The summed E-state index contributed by atoms with van der Waals surface area (Å²) in [6.07, 6.45) is 3.47. The van der Waals surface area contributed by atoms with Crippen molar-refractivity contribution < 1.29 is 9.53 Å². The van der Waals surface area contributed by atoms with Gasteiger partial charge in [0.05, 0.1) is 12.0 Å². The van der Waals surface area contributed by atoms with Crippen LogP contribution in [-0.4, -0.2) is 55.5 Å². The molecule has 1 saturated heterocycles. The average molecular weight is 387 g/mol. The molecule has 1 atom stereocenters. The van der Waals surface area contributed by atoms with Crippen LogP contribution in [0.4, 0.5) is 0 Å². The molecule has 0 radical (unpaired) electrons. The predicted octanol–water partition coefficient (Wildman–Crippen LogP) is 4.17. The zero-order valence-electron chi connectivity index (χ0n) is 16.4. The first-order chi connectivity index (χ1) is 13.2. The van der Waals surface area contributed by atoms with Crippen molar-refractivity contribution in [3.05, 3.63) is 52.2 Å². The Bertz CT molecular complexity index is 717. The molecule has 27 heavy (non-hydrogen) atoms. The zero-order valence-corrected chi connectivity index (χ0v) is 17.2. The van der Waals surface area contributed by atoms with Gasteiger partial charge in [-0.1, -0.05) is 18.2 Å². The van der Waals surface area contributed by atoms with Crippen molar-refractivity contribution in [2.75, 3.05) is 39.8 Å². The second kappa shape index (κ2) is 9.90. The van der Waals surface area contributed by atoms with Gasteiger partial charge in [0.1, 0.15) is 5.75 Å². The Hall–Kier alpha value is -1.85. The van der Waals surface area contributed by atoms with E-state index >= 15 is 0 Å². The van der Waals surface area contributed by atoms with Gasteiger partial charge in [0, 0.05) is 26.2 Å². The van der Waals surface area contributed by atoms with Gasteiger partial charge in [-0.3, -0.25) is 4.79 Å². The van der Waals surface area contributed by atoms with E-state index in [4.69, 9.17) is 4.74 Å². The fourth-order valence-corrected chi connectivity index (χ4v) is 4.53. The average Bonchev–Trinajstić information content (AvgIpc) is 3.25. The maximum absolute atomic E-state index is 12.7. The number of piperidine rings is 1. The van der Waals surface area contributed by atoms with E-state index in [-0.39, 0.29) is 5.91 Å². The third kappa shape index (κ3) is 5.56. The molecule has 1 aliphatic heterocycles. The van der Waals surface area contributed by atoms with E-state index in [1.165, 1.54) is 29.7 Å². The number of likely N-dealkylation sites (tertiary alicyclic amines) is 1. The quantitative estimate of drug-likeness (QED) is 0.682. The van der Waals surface area contributed by atoms with Crippen LogP contribution in [0, 0.1) is 5.92 Å². The van der Waals surface area contributed by atoms with Crippen LogP contribution in [0.2, 0.25) is 0 Å². The summed E-state index contributed by atoms with van der Waals surface area (Å²) in [7, 11) is 1.71. The van der Waals surface area contributed by atoms with E-state index in [0.29, 0.717) is 5.92 Å². The summed E-state index contributed by atoms with van der Waals surface area (Å²) < 4.78 is 5.32. The van der Waals surface area contributed by atoms with Crippen LogP contribution < -0.4 is 4.74 Å².